The predicted octanol–water partition coefficient (Wildman–Crippen LogP) is 6.17. The number of carbonyl (C=O) groups is 3. The van der Waals surface area contributed by atoms with E-state index in [9.17, 15) is 19.2 Å². The van der Waals surface area contributed by atoms with Gasteiger partial charge >= 0.3 is 4.87 Å². The molecule has 0 unspecified atom stereocenters. The van der Waals surface area contributed by atoms with Crippen molar-refractivity contribution in [2.24, 2.45) is 5.92 Å². The molecule has 2 aliphatic heterocycles. The summed E-state index contributed by atoms with van der Waals surface area (Å²) in [4.78, 5) is 56.9. The number of rotatable bonds is 6. The summed E-state index contributed by atoms with van der Waals surface area (Å²) >= 11 is 5.70. The highest BCUT2D eigenvalue weighted by Gasteiger charge is 2.56. The standard InChI is InChI=1S/C32H22BrN3O5S2/c33-20-8-11-22(12-9-20)36-30(38)26-25(27-29(35-32(40)43-27)42-28(26)31(36)39)18-6-13-23(14-7-18)41-16-24(37)34-21-10-5-17-3-1-2-4-19(17)15-21/h1-15,25-26,28H,16H2,(H,34,37)(H,35,40)/t25-,26-,28+/m0/s1. The van der Waals surface area contributed by atoms with Gasteiger partial charge in [0.2, 0.25) is 11.8 Å². The van der Waals surface area contributed by atoms with E-state index in [0.29, 0.717) is 22.2 Å². The van der Waals surface area contributed by atoms with Crippen molar-refractivity contribution in [3.05, 3.63) is 116 Å². The third-order valence-corrected chi connectivity index (χ3v) is 10.5. The number of H-pyrrole nitrogens is 1. The Morgan fingerprint density at radius 1 is 0.907 bits per heavy atom. The molecule has 1 aromatic heterocycles. The van der Waals surface area contributed by atoms with Gasteiger partial charge in [-0.1, -0.05) is 81.5 Å². The highest BCUT2D eigenvalue weighted by molar-refractivity contribution is 9.10. The Hall–Kier alpha value is -4.19. The van der Waals surface area contributed by atoms with E-state index in [-0.39, 0.29) is 29.2 Å². The number of amides is 3. The van der Waals surface area contributed by atoms with Crippen molar-refractivity contribution in [1.29, 1.82) is 0 Å². The zero-order chi connectivity index (χ0) is 29.7. The number of nitrogens with one attached hydrogen (secondary N) is 2. The number of fused-ring (bicyclic) bond motifs is 3. The number of hydrogen-bond acceptors (Lipinski definition) is 7. The summed E-state index contributed by atoms with van der Waals surface area (Å²) in [5.41, 5.74) is 1.97. The second kappa shape index (κ2) is 11.1. The second-order valence-corrected chi connectivity index (χ2v) is 13.3. The van der Waals surface area contributed by atoms with Crippen LogP contribution in [-0.4, -0.2) is 34.6 Å². The lowest BCUT2D eigenvalue weighted by Crippen LogP contribution is -2.32. The zero-order valence-electron chi connectivity index (χ0n) is 22.3. The van der Waals surface area contributed by atoms with Crippen LogP contribution >= 0.6 is 39.0 Å². The van der Waals surface area contributed by atoms with Gasteiger partial charge < -0.3 is 15.0 Å². The van der Waals surface area contributed by atoms with Crippen LogP contribution in [0.1, 0.15) is 16.4 Å². The summed E-state index contributed by atoms with van der Waals surface area (Å²) in [7, 11) is 0. The van der Waals surface area contributed by atoms with Crippen molar-refractivity contribution >= 4 is 78.9 Å². The van der Waals surface area contributed by atoms with Crippen molar-refractivity contribution < 1.29 is 19.1 Å². The number of halogens is 1. The molecular weight excluding hydrogens is 650 g/mol. The topological polar surface area (TPSA) is 109 Å². The van der Waals surface area contributed by atoms with E-state index in [2.05, 4.69) is 26.2 Å². The fraction of sp³-hybridized carbons (Fsp3) is 0.125. The summed E-state index contributed by atoms with van der Waals surface area (Å²) in [6, 6.07) is 27.8. The molecule has 0 spiro atoms. The number of aromatic amines is 1. The third-order valence-electron chi connectivity index (χ3n) is 7.55. The lowest BCUT2D eigenvalue weighted by Gasteiger charge is -2.29. The third kappa shape index (κ3) is 5.17. The minimum atomic E-state index is -0.681. The minimum absolute atomic E-state index is 0.185. The summed E-state index contributed by atoms with van der Waals surface area (Å²) in [6.45, 7) is -0.185. The van der Waals surface area contributed by atoms with Gasteiger partial charge in [-0.25, -0.2) is 4.90 Å². The number of aromatic nitrogens is 1. The van der Waals surface area contributed by atoms with Gasteiger partial charge in [-0.3, -0.25) is 19.2 Å². The average molecular weight is 673 g/mol. The van der Waals surface area contributed by atoms with Crippen LogP contribution in [-0.2, 0) is 14.4 Å². The molecule has 4 aromatic carbocycles. The van der Waals surface area contributed by atoms with Crippen LogP contribution in [0.2, 0.25) is 0 Å². The molecule has 3 heterocycles. The molecule has 2 N–H and O–H groups in total. The second-order valence-electron chi connectivity index (χ2n) is 10.2. The lowest BCUT2D eigenvalue weighted by molar-refractivity contribution is -0.122. The van der Waals surface area contributed by atoms with Crippen LogP contribution in [0.25, 0.3) is 10.8 Å². The maximum Gasteiger partial charge on any atom is 0.305 e. The molecule has 3 atom stereocenters. The molecule has 0 bridgehead atoms. The first kappa shape index (κ1) is 27.6. The van der Waals surface area contributed by atoms with Crippen LogP contribution in [0.4, 0.5) is 11.4 Å². The summed E-state index contributed by atoms with van der Waals surface area (Å²) in [5, 5.41) is 4.92. The molecule has 2 aliphatic rings. The molecule has 43 heavy (non-hydrogen) atoms. The van der Waals surface area contributed by atoms with Crippen molar-refractivity contribution in [1.82, 2.24) is 4.98 Å². The monoisotopic (exact) mass is 671 g/mol. The molecule has 1 saturated heterocycles. The molecule has 0 saturated carbocycles. The first-order valence-corrected chi connectivity index (χ1v) is 15.9. The SMILES string of the molecule is O=C(COc1ccc([C@@H]2c3sc(=O)[nH]c3S[C@H]3C(=O)N(c4ccc(Br)cc4)C(=O)[C@@H]23)cc1)Nc1ccc2ccccc2c1. The van der Waals surface area contributed by atoms with Gasteiger partial charge in [-0.05, 0) is 64.9 Å². The van der Waals surface area contributed by atoms with Crippen LogP contribution in [0.15, 0.2) is 105 Å². The Bertz CT molecular complexity index is 1950. The number of thioether (sulfide) groups is 1. The molecule has 214 valence electrons. The Balaban J connectivity index is 1.10. The Labute approximate surface area is 262 Å². The number of benzene rings is 4. The van der Waals surface area contributed by atoms with Crippen molar-refractivity contribution in [3.63, 3.8) is 0 Å². The summed E-state index contributed by atoms with van der Waals surface area (Å²) in [6.07, 6.45) is 0. The number of thiazole rings is 1. The number of imide groups is 1. The van der Waals surface area contributed by atoms with E-state index in [4.69, 9.17) is 4.74 Å². The maximum absolute atomic E-state index is 13.8. The number of carbonyl (C=O) groups excluding carboxylic acids is 3. The molecule has 5 aromatic rings. The largest absolute Gasteiger partial charge is 0.484 e. The van der Waals surface area contributed by atoms with Crippen LogP contribution in [0.3, 0.4) is 0 Å². The van der Waals surface area contributed by atoms with Gasteiger partial charge in [0.15, 0.2) is 6.61 Å². The predicted molar refractivity (Wildman–Crippen MR) is 171 cm³/mol. The first-order chi connectivity index (χ1) is 20.9. The first-order valence-electron chi connectivity index (χ1n) is 13.4. The van der Waals surface area contributed by atoms with E-state index < -0.39 is 17.1 Å². The van der Waals surface area contributed by atoms with Crippen LogP contribution in [0, 0.1) is 5.92 Å². The van der Waals surface area contributed by atoms with E-state index in [1.165, 1.54) is 16.7 Å². The molecular formula is C32H22BrN3O5S2. The van der Waals surface area contributed by atoms with Gasteiger partial charge in [-0.2, -0.15) is 0 Å². The molecule has 0 aliphatic carbocycles. The van der Waals surface area contributed by atoms with Crippen molar-refractivity contribution in [3.8, 4) is 5.75 Å². The fourth-order valence-electron chi connectivity index (χ4n) is 5.61. The van der Waals surface area contributed by atoms with E-state index in [1.807, 2.05) is 54.6 Å². The van der Waals surface area contributed by atoms with Crippen molar-refractivity contribution in [2.75, 3.05) is 16.8 Å². The number of nitrogens with zero attached hydrogens (tertiary/aromatic N) is 1. The quantitative estimate of drug-likeness (QED) is 0.209. The van der Waals surface area contributed by atoms with E-state index in [1.54, 1.807) is 36.4 Å². The Morgan fingerprint density at radius 3 is 2.42 bits per heavy atom. The smallest absolute Gasteiger partial charge is 0.305 e. The van der Waals surface area contributed by atoms with Gasteiger partial charge in [0.25, 0.3) is 5.91 Å². The van der Waals surface area contributed by atoms with Gasteiger partial charge in [0.05, 0.1) is 16.6 Å². The number of ether oxygens (including phenoxy) is 1. The van der Waals surface area contributed by atoms with Crippen LogP contribution in [0.5, 0.6) is 5.75 Å². The van der Waals surface area contributed by atoms with Gasteiger partial charge in [0.1, 0.15) is 11.0 Å². The number of hydrogen-bond donors (Lipinski definition) is 2. The van der Waals surface area contributed by atoms with Crippen LogP contribution < -0.4 is 19.8 Å². The van der Waals surface area contributed by atoms with E-state index in [0.717, 1.165) is 37.0 Å². The summed E-state index contributed by atoms with van der Waals surface area (Å²) in [5.74, 6) is -1.59. The fourth-order valence-corrected chi connectivity index (χ4v) is 8.38. The number of anilines is 2. The van der Waals surface area contributed by atoms with E-state index >= 15 is 0 Å². The molecule has 7 rings (SSSR count). The Morgan fingerprint density at radius 2 is 1.65 bits per heavy atom. The average Bonchev–Trinajstić information content (AvgIpc) is 3.51. The van der Waals surface area contributed by atoms with Crippen molar-refractivity contribution in [2.45, 2.75) is 16.2 Å². The molecule has 1 fully saturated rings. The lowest BCUT2D eigenvalue weighted by atomic mass is 9.83. The minimum Gasteiger partial charge on any atom is -0.484 e. The Kier molecular flexibility index (Phi) is 7.16. The van der Waals surface area contributed by atoms with Gasteiger partial charge in [-0.15, -0.1) is 0 Å². The molecule has 8 nitrogen and oxygen atoms in total. The summed E-state index contributed by atoms with van der Waals surface area (Å²) < 4.78 is 6.59. The molecule has 11 heteroatoms. The molecule has 3 amide bonds. The normalized spacial score (nSPS) is 19.3. The highest BCUT2D eigenvalue weighted by Crippen LogP contribution is 2.53. The zero-order valence-corrected chi connectivity index (χ0v) is 25.5. The molecule has 0 radical (unpaired) electrons. The maximum atomic E-state index is 13.8. The highest BCUT2D eigenvalue weighted by atomic mass is 79.9. The van der Waals surface area contributed by atoms with Gasteiger partial charge in [0, 0.05) is 21.0 Å².